The summed E-state index contributed by atoms with van der Waals surface area (Å²) in [5.74, 6) is 1.78. The van der Waals surface area contributed by atoms with E-state index >= 15 is 0 Å². The SMILES string of the molecule is CCc1cnc(CCNC(=NC)N(C)CCOc2ccc(C)cc2)s1.I. The predicted octanol–water partition coefficient (Wildman–Crippen LogP) is 3.76. The highest BCUT2D eigenvalue weighted by Crippen LogP contribution is 2.13. The molecule has 0 saturated heterocycles. The third-order valence-electron chi connectivity index (χ3n) is 3.86. The van der Waals surface area contributed by atoms with Crippen LogP contribution in [0, 0.1) is 6.92 Å². The van der Waals surface area contributed by atoms with Gasteiger partial charge in [-0.2, -0.15) is 0 Å². The van der Waals surface area contributed by atoms with Gasteiger partial charge in [0, 0.05) is 38.1 Å². The average molecular weight is 488 g/mol. The Morgan fingerprint density at radius 1 is 1.31 bits per heavy atom. The Morgan fingerprint density at radius 3 is 2.65 bits per heavy atom. The van der Waals surface area contributed by atoms with Crippen LogP contribution >= 0.6 is 35.3 Å². The number of guanidine groups is 1. The quantitative estimate of drug-likeness (QED) is 0.349. The molecule has 144 valence electrons. The van der Waals surface area contributed by atoms with Crippen molar-refractivity contribution in [3.63, 3.8) is 0 Å². The number of benzene rings is 1. The number of aromatic nitrogens is 1. The summed E-state index contributed by atoms with van der Waals surface area (Å²) >= 11 is 1.79. The first-order valence-corrected chi connectivity index (χ1v) is 9.49. The molecule has 1 aromatic carbocycles. The summed E-state index contributed by atoms with van der Waals surface area (Å²) in [4.78, 5) is 12.2. The molecule has 26 heavy (non-hydrogen) atoms. The molecule has 0 aliphatic carbocycles. The van der Waals surface area contributed by atoms with Crippen LogP contribution in [-0.4, -0.2) is 49.6 Å². The van der Waals surface area contributed by atoms with E-state index in [4.69, 9.17) is 4.74 Å². The molecular formula is C19H29IN4OS. The molecule has 7 heteroatoms. The molecule has 0 atom stereocenters. The number of likely N-dealkylation sites (N-methyl/N-ethyl adjacent to an activating group) is 1. The lowest BCUT2D eigenvalue weighted by atomic mass is 10.2. The second kappa shape index (κ2) is 12.1. The number of ether oxygens (including phenoxy) is 1. The van der Waals surface area contributed by atoms with Crippen LogP contribution in [0.4, 0.5) is 0 Å². The van der Waals surface area contributed by atoms with E-state index in [-0.39, 0.29) is 24.0 Å². The number of aliphatic imine (C=N–C) groups is 1. The number of halogens is 1. The molecule has 0 saturated carbocycles. The van der Waals surface area contributed by atoms with Gasteiger partial charge in [0.25, 0.3) is 0 Å². The molecule has 0 amide bonds. The summed E-state index contributed by atoms with van der Waals surface area (Å²) in [6.45, 7) is 6.44. The molecular weight excluding hydrogens is 459 g/mol. The predicted molar refractivity (Wildman–Crippen MR) is 121 cm³/mol. The number of nitrogens with zero attached hydrogens (tertiary/aromatic N) is 3. The zero-order valence-electron chi connectivity index (χ0n) is 16.0. The van der Waals surface area contributed by atoms with E-state index in [1.807, 2.05) is 25.4 Å². The second-order valence-corrected chi connectivity index (χ2v) is 7.08. The minimum atomic E-state index is 0. The van der Waals surface area contributed by atoms with Crippen molar-refractivity contribution in [1.29, 1.82) is 0 Å². The van der Waals surface area contributed by atoms with Crippen LogP contribution in [0.15, 0.2) is 35.5 Å². The average Bonchev–Trinajstić information content (AvgIpc) is 3.08. The summed E-state index contributed by atoms with van der Waals surface area (Å²) in [6.07, 6.45) is 3.94. The lowest BCUT2D eigenvalue weighted by molar-refractivity contribution is 0.281. The van der Waals surface area contributed by atoms with Crippen molar-refractivity contribution in [2.24, 2.45) is 4.99 Å². The van der Waals surface area contributed by atoms with Gasteiger partial charge in [-0.1, -0.05) is 24.6 Å². The van der Waals surface area contributed by atoms with E-state index in [0.29, 0.717) is 6.61 Å². The van der Waals surface area contributed by atoms with Gasteiger partial charge in [-0.3, -0.25) is 4.99 Å². The van der Waals surface area contributed by atoms with Gasteiger partial charge in [-0.25, -0.2) is 4.98 Å². The summed E-state index contributed by atoms with van der Waals surface area (Å²) < 4.78 is 5.78. The molecule has 1 heterocycles. The molecule has 0 bridgehead atoms. The van der Waals surface area contributed by atoms with Crippen molar-refractivity contribution in [2.75, 3.05) is 33.8 Å². The van der Waals surface area contributed by atoms with E-state index in [9.17, 15) is 0 Å². The Bertz CT molecular complexity index is 672. The first-order chi connectivity index (χ1) is 12.1. The minimum Gasteiger partial charge on any atom is -0.492 e. The summed E-state index contributed by atoms with van der Waals surface area (Å²) in [5, 5.41) is 4.56. The standard InChI is InChI=1S/C19H28N4OS.HI/c1-5-17-14-22-18(25-17)10-11-21-19(20-3)23(4)12-13-24-16-8-6-15(2)7-9-16;/h6-9,14H,5,10-13H2,1-4H3,(H,20,21);1H. The number of thiazole rings is 1. The first kappa shape index (κ1) is 22.7. The Morgan fingerprint density at radius 2 is 2.04 bits per heavy atom. The van der Waals surface area contributed by atoms with E-state index in [1.165, 1.54) is 15.4 Å². The van der Waals surface area contributed by atoms with Crippen molar-refractivity contribution in [1.82, 2.24) is 15.2 Å². The van der Waals surface area contributed by atoms with Gasteiger partial charge < -0.3 is 15.0 Å². The molecule has 0 fully saturated rings. The third-order valence-corrected chi connectivity index (χ3v) is 5.06. The van der Waals surface area contributed by atoms with E-state index in [0.717, 1.165) is 37.6 Å². The molecule has 2 rings (SSSR count). The van der Waals surface area contributed by atoms with Gasteiger partial charge in [-0.05, 0) is 25.5 Å². The number of hydrogen-bond acceptors (Lipinski definition) is 4. The second-order valence-electron chi connectivity index (χ2n) is 5.88. The van der Waals surface area contributed by atoms with Crippen molar-refractivity contribution in [3.8, 4) is 5.75 Å². The minimum absolute atomic E-state index is 0. The number of aryl methyl sites for hydroxylation is 2. The van der Waals surface area contributed by atoms with Crippen molar-refractivity contribution in [3.05, 3.63) is 45.9 Å². The topological polar surface area (TPSA) is 49.8 Å². The molecule has 2 aromatic rings. The molecule has 0 spiro atoms. The highest BCUT2D eigenvalue weighted by atomic mass is 127. The van der Waals surface area contributed by atoms with Crippen molar-refractivity contribution >= 4 is 41.3 Å². The van der Waals surface area contributed by atoms with Crippen LogP contribution < -0.4 is 10.1 Å². The molecule has 1 aromatic heterocycles. The molecule has 1 N–H and O–H groups in total. The third kappa shape index (κ3) is 7.49. The zero-order valence-corrected chi connectivity index (χ0v) is 19.1. The Kier molecular flexibility index (Phi) is 10.6. The normalized spacial score (nSPS) is 11.0. The van der Waals surface area contributed by atoms with Crippen LogP contribution in [0.1, 0.15) is 22.4 Å². The summed E-state index contributed by atoms with van der Waals surface area (Å²) in [5.41, 5.74) is 1.24. The van der Waals surface area contributed by atoms with E-state index in [2.05, 4.69) is 46.2 Å². The highest BCUT2D eigenvalue weighted by Gasteiger charge is 2.07. The van der Waals surface area contributed by atoms with Crippen LogP contribution in [0.3, 0.4) is 0 Å². The monoisotopic (exact) mass is 488 g/mol. The lowest BCUT2D eigenvalue weighted by Gasteiger charge is -2.22. The summed E-state index contributed by atoms with van der Waals surface area (Å²) in [6, 6.07) is 8.12. The van der Waals surface area contributed by atoms with Gasteiger partial charge in [-0.15, -0.1) is 35.3 Å². The number of hydrogen-bond donors (Lipinski definition) is 1. The Labute approximate surface area is 177 Å². The maximum atomic E-state index is 5.78. The fraction of sp³-hybridized carbons (Fsp3) is 0.474. The van der Waals surface area contributed by atoms with Crippen LogP contribution in [0.2, 0.25) is 0 Å². The van der Waals surface area contributed by atoms with Gasteiger partial charge in [0.2, 0.25) is 0 Å². The lowest BCUT2D eigenvalue weighted by Crippen LogP contribution is -2.41. The zero-order chi connectivity index (χ0) is 18.1. The maximum absolute atomic E-state index is 5.78. The number of nitrogens with one attached hydrogen (secondary N) is 1. The fourth-order valence-electron chi connectivity index (χ4n) is 2.33. The van der Waals surface area contributed by atoms with Gasteiger partial charge >= 0.3 is 0 Å². The molecule has 0 aliphatic rings. The van der Waals surface area contributed by atoms with E-state index < -0.39 is 0 Å². The Hall–Kier alpha value is -1.35. The highest BCUT2D eigenvalue weighted by molar-refractivity contribution is 14.0. The molecule has 0 unspecified atom stereocenters. The summed E-state index contributed by atoms with van der Waals surface area (Å²) in [7, 11) is 3.82. The van der Waals surface area contributed by atoms with Crippen LogP contribution in [-0.2, 0) is 12.8 Å². The van der Waals surface area contributed by atoms with Gasteiger partial charge in [0.1, 0.15) is 12.4 Å². The Balaban J connectivity index is 0.00000338. The van der Waals surface area contributed by atoms with Crippen molar-refractivity contribution in [2.45, 2.75) is 26.7 Å². The van der Waals surface area contributed by atoms with E-state index in [1.54, 1.807) is 18.4 Å². The van der Waals surface area contributed by atoms with Gasteiger partial charge in [0.05, 0.1) is 11.6 Å². The largest absolute Gasteiger partial charge is 0.492 e. The molecule has 0 radical (unpaired) electrons. The number of rotatable bonds is 8. The fourth-order valence-corrected chi connectivity index (χ4v) is 3.20. The smallest absolute Gasteiger partial charge is 0.193 e. The molecule has 5 nitrogen and oxygen atoms in total. The van der Waals surface area contributed by atoms with Crippen LogP contribution in [0.5, 0.6) is 5.75 Å². The van der Waals surface area contributed by atoms with Crippen molar-refractivity contribution < 1.29 is 4.74 Å². The first-order valence-electron chi connectivity index (χ1n) is 8.67. The maximum Gasteiger partial charge on any atom is 0.193 e. The van der Waals surface area contributed by atoms with Gasteiger partial charge in [0.15, 0.2) is 5.96 Å². The molecule has 0 aliphatic heterocycles. The van der Waals surface area contributed by atoms with Crippen LogP contribution in [0.25, 0.3) is 0 Å².